The van der Waals surface area contributed by atoms with Crippen LogP contribution in [0.25, 0.3) is 0 Å². The van der Waals surface area contributed by atoms with Crippen molar-refractivity contribution < 1.29 is 9.53 Å². The lowest BCUT2D eigenvalue weighted by atomic mass is 9.98. The fourth-order valence-corrected chi connectivity index (χ4v) is 1.74. The van der Waals surface area contributed by atoms with Crippen LogP contribution >= 0.6 is 0 Å². The maximum atomic E-state index is 10.8. The van der Waals surface area contributed by atoms with Gasteiger partial charge in [-0.15, -0.1) is 5.10 Å². The molecule has 0 bridgehead atoms. The summed E-state index contributed by atoms with van der Waals surface area (Å²) in [5, 5.41) is 6.45. The molecule has 1 aromatic rings. The zero-order valence-electron chi connectivity index (χ0n) is 8.40. The molecule has 6 heteroatoms. The van der Waals surface area contributed by atoms with Gasteiger partial charge in [0.2, 0.25) is 5.82 Å². The second-order valence-corrected chi connectivity index (χ2v) is 3.76. The number of ether oxygens (including phenoxy) is 1. The smallest absolute Gasteiger partial charge is 0.288 e. The van der Waals surface area contributed by atoms with E-state index in [0.29, 0.717) is 11.7 Å². The van der Waals surface area contributed by atoms with Crippen LogP contribution in [-0.2, 0) is 11.2 Å². The van der Waals surface area contributed by atoms with Crippen molar-refractivity contribution in [2.75, 3.05) is 13.2 Å². The van der Waals surface area contributed by atoms with E-state index >= 15 is 0 Å². The fraction of sp³-hybridized carbons (Fsp3) is 0.667. The fourth-order valence-electron chi connectivity index (χ4n) is 1.74. The highest BCUT2D eigenvalue weighted by atomic mass is 16.5. The minimum atomic E-state index is -0.600. The van der Waals surface area contributed by atoms with E-state index in [-0.39, 0.29) is 5.82 Å². The highest BCUT2D eigenvalue weighted by Gasteiger charge is 2.17. The first-order valence-corrected chi connectivity index (χ1v) is 5.04. The average molecular weight is 210 g/mol. The van der Waals surface area contributed by atoms with Crippen molar-refractivity contribution in [3.63, 3.8) is 0 Å². The van der Waals surface area contributed by atoms with Crippen molar-refractivity contribution in [1.29, 1.82) is 0 Å². The zero-order valence-corrected chi connectivity index (χ0v) is 8.40. The van der Waals surface area contributed by atoms with Gasteiger partial charge in [0.15, 0.2) is 0 Å². The van der Waals surface area contributed by atoms with Crippen LogP contribution in [-0.4, -0.2) is 34.3 Å². The molecule has 1 aromatic heterocycles. The van der Waals surface area contributed by atoms with Crippen LogP contribution in [0.15, 0.2) is 0 Å². The lowest BCUT2D eigenvalue weighted by Gasteiger charge is -2.20. The maximum Gasteiger partial charge on any atom is 0.288 e. The standard InChI is InChI=1S/C9H14N4O2/c10-8(14)9-11-7(12-13-9)4-6-2-1-3-15-5-6/h6H,1-5H2,(H2,10,14)(H,11,12,13). The van der Waals surface area contributed by atoms with E-state index < -0.39 is 5.91 Å². The van der Waals surface area contributed by atoms with Gasteiger partial charge in [-0.3, -0.25) is 9.89 Å². The molecule has 0 spiro atoms. The number of carbonyl (C=O) groups excluding carboxylic acids is 1. The van der Waals surface area contributed by atoms with Crippen LogP contribution in [0.1, 0.15) is 29.3 Å². The minimum Gasteiger partial charge on any atom is -0.381 e. The van der Waals surface area contributed by atoms with Crippen molar-refractivity contribution in [3.8, 4) is 0 Å². The second kappa shape index (κ2) is 4.39. The number of rotatable bonds is 3. The van der Waals surface area contributed by atoms with Gasteiger partial charge in [-0.25, -0.2) is 4.98 Å². The molecule has 1 unspecified atom stereocenters. The van der Waals surface area contributed by atoms with E-state index in [9.17, 15) is 4.79 Å². The van der Waals surface area contributed by atoms with E-state index in [4.69, 9.17) is 10.5 Å². The Morgan fingerprint density at radius 2 is 2.53 bits per heavy atom. The number of hydrogen-bond acceptors (Lipinski definition) is 4. The summed E-state index contributed by atoms with van der Waals surface area (Å²) in [6.45, 7) is 1.60. The number of amides is 1. The molecule has 0 saturated carbocycles. The molecule has 1 atom stereocenters. The van der Waals surface area contributed by atoms with Crippen LogP contribution in [0, 0.1) is 5.92 Å². The number of hydrogen-bond donors (Lipinski definition) is 2. The Bertz CT molecular complexity index is 344. The quantitative estimate of drug-likeness (QED) is 0.726. The molecule has 1 fully saturated rings. The molecule has 2 rings (SSSR count). The van der Waals surface area contributed by atoms with Crippen LogP contribution in [0.5, 0.6) is 0 Å². The van der Waals surface area contributed by atoms with E-state index in [1.165, 1.54) is 0 Å². The molecule has 3 N–H and O–H groups in total. The van der Waals surface area contributed by atoms with E-state index in [0.717, 1.165) is 32.5 Å². The van der Waals surface area contributed by atoms with Gasteiger partial charge in [-0.05, 0) is 18.8 Å². The third-order valence-corrected chi connectivity index (χ3v) is 2.49. The second-order valence-electron chi connectivity index (χ2n) is 3.76. The molecular weight excluding hydrogens is 196 g/mol. The number of H-pyrrole nitrogens is 1. The molecule has 1 saturated heterocycles. The summed E-state index contributed by atoms with van der Waals surface area (Å²) >= 11 is 0. The third kappa shape index (κ3) is 2.53. The van der Waals surface area contributed by atoms with Crippen molar-refractivity contribution in [2.24, 2.45) is 11.7 Å². The number of nitrogens with one attached hydrogen (secondary N) is 1. The summed E-state index contributed by atoms with van der Waals surface area (Å²) in [7, 11) is 0. The average Bonchev–Trinajstić information content (AvgIpc) is 2.68. The monoisotopic (exact) mass is 210 g/mol. The highest BCUT2D eigenvalue weighted by molar-refractivity contribution is 5.88. The Kier molecular flexibility index (Phi) is 2.96. The van der Waals surface area contributed by atoms with Crippen molar-refractivity contribution in [3.05, 3.63) is 11.6 Å². The number of aromatic nitrogens is 3. The number of primary amides is 1. The summed E-state index contributed by atoms with van der Waals surface area (Å²) in [6, 6.07) is 0. The Balaban J connectivity index is 1.94. The van der Waals surface area contributed by atoms with Gasteiger partial charge in [0, 0.05) is 19.6 Å². The van der Waals surface area contributed by atoms with Crippen LogP contribution < -0.4 is 5.73 Å². The summed E-state index contributed by atoms with van der Waals surface area (Å²) < 4.78 is 5.35. The third-order valence-electron chi connectivity index (χ3n) is 2.49. The highest BCUT2D eigenvalue weighted by Crippen LogP contribution is 2.16. The topological polar surface area (TPSA) is 93.9 Å². The Labute approximate surface area is 87.2 Å². The van der Waals surface area contributed by atoms with Gasteiger partial charge >= 0.3 is 0 Å². The SMILES string of the molecule is NC(=O)c1n[nH]c(CC2CCCOC2)n1. The van der Waals surface area contributed by atoms with Crippen molar-refractivity contribution in [2.45, 2.75) is 19.3 Å². The predicted molar refractivity (Wildman–Crippen MR) is 52.1 cm³/mol. The van der Waals surface area contributed by atoms with Gasteiger partial charge in [-0.1, -0.05) is 0 Å². The van der Waals surface area contributed by atoms with Crippen LogP contribution in [0.4, 0.5) is 0 Å². The molecule has 1 aliphatic heterocycles. The van der Waals surface area contributed by atoms with E-state index in [1.54, 1.807) is 0 Å². The lowest BCUT2D eigenvalue weighted by molar-refractivity contribution is 0.0543. The Morgan fingerprint density at radius 1 is 1.67 bits per heavy atom. The van der Waals surface area contributed by atoms with Gasteiger partial charge < -0.3 is 10.5 Å². The van der Waals surface area contributed by atoms with Crippen LogP contribution in [0.3, 0.4) is 0 Å². The summed E-state index contributed by atoms with van der Waals surface area (Å²) in [5.74, 6) is 0.630. The first kappa shape index (κ1) is 10.1. The van der Waals surface area contributed by atoms with Crippen molar-refractivity contribution in [1.82, 2.24) is 15.2 Å². The number of nitrogens with zero attached hydrogens (tertiary/aromatic N) is 2. The number of aromatic amines is 1. The first-order chi connectivity index (χ1) is 7.25. The molecule has 1 aliphatic rings. The molecule has 6 nitrogen and oxygen atoms in total. The normalized spacial score (nSPS) is 21.5. The molecule has 0 aliphatic carbocycles. The number of carbonyl (C=O) groups is 1. The predicted octanol–water partition coefficient (Wildman–Crippen LogP) is -0.127. The van der Waals surface area contributed by atoms with Gasteiger partial charge in [0.1, 0.15) is 5.82 Å². The first-order valence-electron chi connectivity index (χ1n) is 5.04. The van der Waals surface area contributed by atoms with E-state index in [2.05, 4.69) is 15.2 Å². The molecule has 82 valence electrons. The molecule has 0 aromatic carbocycles. The zero-order chi connectivity index (χ0) is 10.7. The van der Waals surface area contributed by atoms with Gasteiger partial charge in [-0.2, -0.15) is 0 Å². The Morgan fingerprint density at radius 3 is 3.13 bits per heavy atom. The molecule has 1 amide bonds. The molecular formula is C9H14N4O2. The molecule has 2 heterocycles. The number of nitrogens with two attached hydrogens (primary N) is 1. The van der Waals surface area contributed by atoms with Crippen molar-refractivity contribution >= 4 is 5.91 Å². The van der Waals surface area contributed by atoms with Crippen LogP contribution in [0.2, 0.25) is 0 Å². The lowest BCUT2D eigenvalue weighted by Crippen LogP contribution is -2.19. The summed E-state index contributed by atoms with van der Waals surface area (Å²) in [6.07, 6.45) is 2.98. The minimum absolute atomic E-state index is 0.0572. The largest absolute Gasteiger partial charge is 0.381 e. The van der Waals surface area contributed by atoms with Gasteiger partial charge in [0.25, 0.3) is 5.91 Å². The summed E-state index contributed by atoms with van der Waals surface area (Å²) in [4.78, 5) is 14.8. The molecule has 15 heavy (non-hydrogen) atoms. The Hall–Kier alpha value is -1.43. The maximum absolute atomic E-state index is 10.8. The molecule has 0 radical (unpaired) electrons. The van der Waals surface area contributed by atoms with Gasteiger partial charge in [0.05, 0.1) is 0 Å². The van der Waals surface area contributed by atoms with E-state index in [1.807, 2.05) is 0 Å². The summed E-state index contributed by atoms with van der Waals surface area (Å²) in [5.41, 5.74) is 5.05.